The maximum absolute atomic E-state index is 13.1. The second-order valence-corrected chi connectivity index (χ2v) is 4.34. The lowest BCUT2D eigenvalue weighted by Crippen LogP contribution is -2.10. The van der Waals surface area contributed by atoms with Crippen LogP contribution in [0.5, 0.6) is 0 Å². The van der Waals surface area contributed by atoms with Crippen molar-refractivity contribution >= 4 is 5.69 Å². The van der Waals surface area contributed by atoms with E-state index in [-0.39, 0.29) is 0 Å². The molecule has 0 aliphatic carbocycles. The average Bonchev–Trinajstić information content (AvgIpc) is 2.44. The molecule has 0 fully saturated rings. The van der Waals surface area contributed by atoms with Gasteiger partial charge in [0.1, 0.15) is 11.9 Å². The van der Waals surface area contributed by atoms with Crippen molar-refractivity contribution in [1.82, 2.24) is 0 Å². The molecule has 6 heteroatoms. The van der Waals surface area contributed by atoms with Gasteiger partial charge in [-0.3, -0.25) is 0 Å². The van der Waals surface area contributed by atoms with E-state index < -0.39 is 23.6 Å². The first kappa shape index (κ1) is 14.9. The van der Waals surface area contributed by atoms with Gasteiger partial charge in [-0.2, -0.15) is 18.4 Å². The molecular formula is C15H10F4N2. The maximum Gasteiger partial charge on any atom is 0.416 e. The molecule has 0 saturated carbocycles. The molecule has 108 valence electrons. The summed E-state index contributed by atoms with van der Waals surface area (Å²) in [5.74, 6) is -0.468. The van der Waals surface area contributed by atoms with Gasteiger partial charge in [0.05, 0.1) is 11.6 Å². The quantitative estimate of drug-likeness (QED) is 0.845. The number of alkyl halides is 3. The minimum absolute atomic E-state index is 0.370. The Morgan fingerprint density at radius 1 is 1.05 bits per heavy atom. The van der Waals surface area contributed by atoms with Crippen molar-refractivity contribution in [3.05, 3.63) is 65.5 Å². The van der Waals surface area contributed by atoms with Gasteiger partial charge in [-0.25, -0.2) is 4.39 Å². The van der Waals surface area contributed by atoms with Gasteiger partial charge in [0, 0.05) is 5.69 Å². The molecular weight excluding hydrogens is 284 g/mol. The van der Waals surface area contributed by atoms with Crippen LogP contribution in [0, 0.1) is 17.1 Å². The van der Waals surface area contributed by atoms with E-state index in [0.29, 0.717) is 11.3 Å². The first-order valence-corrected chi connectivity index (χ1v) is 5.99. The van der Waals surface area contributed by atoms with E-state index in [2.05, 4.69) is 5.32 Å². The SMILES string of the molecule is N#CC(Nc1cccc(F)c1)c1ccc(C(F)(F)F)cc1. The fourth-order valence-electron chi connectivity index (χ4n) is 1.80. The van der Waals surface area contributed by atoms with Crippen LogP contribution in [0.1, 0.15) is 17.2 Å². The molecule has 2 rings (SSSR count). The maximum atomic E-state index is 13.1. The van der Waals surface area contributed by atoms with E-state index in [1.165, 1.54) is 30.3 Å². The van der Waals surface area contributed by atoms with Gasteiger partial charge in [-0.15, -0.1) is 0 Å². The number of nitriles is 1. The Morgan fingerprint density at radius 2 is 1.71 bits per heavy atom. The van der Waals surface area contributed by atoms with Crippen LogP contribution in [0.3, 0.4) is 0 Å². The highest BCUT2D eigenvalue weighted by Gasteiger charge is 2.30. The zero-order valence-corrected chi connectivity index (χ0v) is 10.7. The van der Waals surface area contributed by atoms with Gasteiger partial charge in [-0.1, -0.05) is 18.2 Å². The van der Waals surface area contributed by atoms with Gasteiger partial charge < -0.3 is 5.32 Å². The molecule has 0 aliphatic rings. The summed E-state index contributed by atoms with van der Waals surface area (Å²) in [6.45, 7) is 0. The van der Waals surface area contributed by atoms with Gasteiger partial charge >= 0.3 is 6.18 Å². The molecule has 1 unspecified atom stereocenters. The standard InChI is InChI=1S/C15H10F4N2/c16-12-2-1-3-13(8-12)21-14(9-20)10-4-6-11(7-5-10)15(17,18)19/h1-8,14,21H. The van der Waals surface area contributed by atoms with E-state index >= 15 is 0 Å². The fourth-order valence-corrected chi connectivity index (χ4v) is 1.80. The van der Waals surface area contributed by atoms with Crippen molar-refractivity contribution in [2.45, 2.75) is 12.2 Å². The van der Waals surface area contributed by atoms with Crippen molar-refractivity contribution in [3.8, 4) is 6.07 Å². The molecule has 0 bridgehead atoms. The van der Waals surface area contributed by atoms with Gasteiger partial charge in [-0.05, 0) is 35.9 Å². The van der Waals surface area contributed by atoms with Crippen LogP contribution in [-0.2, 0) is 6.18 Å². The Labute approximate surface area is 118 Å². The van der Waals surface area contributed by atoms with Crippen LogP contribution < -0.4 is 5.32 Å². The zero-order valence-electron chi connectivity index (χ0n) is 10.7. The number of nitrogens with one attached hydrogen (secondary N) is 1. The van der Waals surface area contributed by atoms with Crippen molar-refractivity contribution in [3.63, 3.8) is 0 Å². The summed E-state index contributed by atoms with van der Waals surface area (Å²) >= 11 is 0. The Hall–Kier alpha value is -2.55. The Morgan fingerprint density at radius 3 is 2.24 bits per heavy atom. The lowest BCUT2D eigenvalue weighted by Gasteiger charge is -2.14. The monoisotopic (exact) mass is 294 g/mol. The van der Waals surface area contributed by atoms with Crippen LogP contribution in [0.4, 0.5) is 23.2 Å². The van der Waals surface area contributed by atoms with E-state index in [9.17, 15) is 17.6 Å². The number of anilines is 1. The molecule has 0 spiro atoms. The third-order valence-corrected chi connectivity index (χ3v) is 2.84. The van der Waals surface area contributed by atoms with E-state index in [0.717, 1.165) is 12.1 Å². The molecule has 2 aromatic rings. The molecule has 0 saturated heterocycles. The largest absolute Gasteiger partial charge is 0.416 e. The summed E-state index contributed by atoms with van der Waals surface area (Å²) in [5.41, 5.74) is -0.0371. The predicted molar refractivity (Wildman–Crippen MR) is 69.8 cm³/mol. The molecule has 0 aliphatic heterocycles. The Balaban J connectivity index is 2.20. The van der Waals surface area contributed by atoms with E-state index in [1.54, 1.807) is 6.07 Å². The third-order valence-electron chi connectivity index (χ3n) is 2.84. The molecule has 1 atom stereocenters. The van der Waals surface area contributed by atoms with E-state index in [4.69, 9.17) is 5.26 Å². The molecule has 0 heterocycles. The molecule has 1 N–H and O–H groups in total. The normalized spacial score (nSPS) is 12.5. The van der Waals surface area contributed by atoms with Crippen molar-refractivity contribution < 1.29 is 17.6 Å². The first-order valence-electron chi connectivity index (χ1n) is 5.99. The smallest absolute Gasteiger partial charge is 0.366 e. The number of hydrogen-bond donors (Lipinski definition) is 1. The van der Waals surface area contributed by atoms with Crippen molar-refractivity contribution in [2.75, 3.05) is 5.32 Å². The Kier molecular flexibility index (Phi) is 4.13. The van der Waals surface area contributed by atoms with Crippen molar-refractivity contribution in [2.24, 2.45) is 0 Å². The van der Waals surface area contributed by atoms with Gasteiger partial charge in [0.25, 0.3) is 0 Å². The summed E-state index contributed by atoms with van der Waals surface area (Å²) in [7, 11) is 0. The lowest BCUT2D eigenvalue weighted by molar-refractivity contribution is -0.137. The highest BCUT2D eigenvalue weighted by molar-refractivity contribution is 5.47. The third kappa shape index (κ3) is 3.72. The predicted octanol–water partition coefficient (Wildman–Crippen LogP) is 4.52. The van der Waals surface area contributed by atoms with Crippen LogP contribution in [0.25, 0.3) is 0 Å². The van der Waals surface area contributed by atoms with Crippen molar-refractivity contribution in [1.29, 1.82) is 5.26 Å². The highest BCUT2D eigenvalue weighted by atomic mass is 19.4. The summed E-state index contributed by atoms with van der Waals surface area (Å²) < 4.78 is 50.5. The molecule has 0 radical (unpaired) electrons. The fraction of sp³-hybridized carbons (Fsp3) is 0.133. The van der Waals surface area contributed by atoms with Crippen LogP contribution in [0.15, 0.2) is 48.5 Å². The summed E-state index contributed by atoms with van der Waals surface area (Å²) in [5, 5.41) is 11.9. The number of hydrogen-bond acceptors (Lipinski definition) is 2. The number of halogens is 4. The zero-order chi connectivity index (χ0) is 15.5. The number of benzene rings is 2. The molecule has 0 amide bonds. The van der Waals surface area contributed by atoms with Crippen LogP contribution in [-0.4, -0.2) is 0 Å². The highest BCUT2D eigenvalue weighted by Crippen LogP contribution is 2.30. The second kappa shape index (κ2) is 5.83. The molecule has 0 aromatic heterocycles. The van der Waals surface area contributed by atoms with Crippen LogP contribution in [0.2, 0.25) is 0 Å². The lowest BCUT2D eigenvalue weighted by atomic mass is 10.1. The van der Waals surface area contributed by atoms with Gasteiger partial charge in [0.15, 0.2) is 0 Å². The summed E-state index contributed by atoms with van der Waals surface area (Å²) in [4.78, 5) is 0. The minimum Gasteiger partial charge on any atom is -0.366 e. The summed E-state index contributed by atoms with van der Waals surface area (Å²) in [6.07, 6.45) is -4.42. The van der Waals surface area contributed by atoms with Crippen LogP contribution >= 0.6 is 0 Å². The van der Waals surface area contributed by atoms with E-state index in [1.807, 2.05) is 6.07 Å². The molecule has 2 aromatic carbocycles. The Bertz CT molecular complexity index is 657. The second-order valence-electron chi connectivity index (χ2n) is 4.34. The number of rotatable bonds is 3. The topological polar surface area (TPSA) is 35.8 Å². The molecule has 21 heavy (non-hydrogen) atoms. The van der Waals surface area contributed by atoms with Gasteiger partial charge in [0.2, 0.25) is 0 Å². The molecule has 2 nitrogen and oxygen atoms in total. The first-order chi connectivity index (χ1) is 9.90. The summed E-state index contributed by atoms with van der Waals surface area (Å²) in [6, 6.07) is 10.8. The average molecular weight is 294 g/mol. The number of nitrogens with zero attached hydrogens (tertiary/aromatic N) is 1. The minimum atomic E-state index is -4.42.